The van der Waals surface area contributed by atoms with Gasteiger partial charge < -0.3 is 4.74 Å². The van der Waals surface area contributed by atoms with Gasteiger partial charge in [-0.25, -0.2) is 4.79 Å². The summed E-state index contributed by atoms with van der Waals surface area (Å²) in [4.78, 5) is 11.4. The lowest BCUT2D eigenvalue weighted by Crippen LogP contribution is -2.03. The van der Waals surface area contributed by atoms with Crippen molar-refractivity contribution in [2.75, 3.05) is 7.11 Å². The summed E-state index contributed by atoms with van der Waals surface area (Å²) in [5, 5.41) is 9.21. The normalized spacial score (nSPS) is 9.56. The maximum atomic E-state index is 11.4. The van der Waals surface area contributed by atoms with E-state index in [-0.39, 0.29) is 5.97 Å². The summed E-state index contributed by atoms with van der Waals surface area (Å²) in [7, 11) is 1.36. The molecule has 1 rings (SSSR count). The highest BCUT2D eigenvalue weighted by molar-refractivity contribution is 9.08. The van der Waals surface area contributed by atoms with E-state index in [1.807, 2.05) is 6.07 Å². The number of halogens is 1. The standard InChI is InChI=1S/C12H12BrNO2/c1-16-12(15)11-6-9(3-2-4-14)5-10(7-11)8-13/h5-7H,2-3,8H2,1H3. The molecule has 84 valence electrons. The van der Waals surface area contributed by atoms with Gasteiger partial charge in [0.05, 0.1) is 18.7 Å². The molecule has 0 saturated heterocycles. The molecule has 0 heterocycles. The monoisotopic (exact) mass is 281 g/mol. The van der Waals surface area contributed by atoms with Gasteiger partial charge in [-0.05, 0) is 29.7 Å². The van der Waals surface area contributed by atoms with Crippen LogP contribution in [0.3, 0.4) is 0 Å². The van der Waals surface area contributed by atoms with Crippen LogP contribution in [0.4, 0.5) is 0 Å². The predicted octanol–water partition coefficient (Wildman–Crippen LogP) is 2.82. The van der Waals surface area contributed by atoms with Crippen LogP contribution in [0, 0.1) is 11.3 Å². The van der Waals surface area contributed by atoms with Crippen molar-refractivity contribution in [1.29, 1.82) is 5.26 Å². The molecule has 0 spiro atoms. The number of nitrogens with zero attached hydrogens (tertiary/aromatic N) is 1. The Kier molecular flexibility index (Phi) is 5.00. The van der Waals surface area contributed by atoms with Gasteiger partial charge in [-0.2, -0.15) is 5.26 Å². The Hall–Kier alpha value is -1.34. The van der Waals surface area contributed by atoms with Crippen LogP contribution in [-0.2, 0) is 16.5 Å². The zero-order valence-electron chi connectivity index (χ0n) is 9.00. The fraction of sp³-hybridized carbons (Fsp3) is 0.333. The summed E-state index contributed by atoms with van der Waals surface area (Å²) in [6.07, 6.45) is 1.10. The highest BCUT2D eigenvalue weighted by Crippen LogP contribution is 2.15. The van der Waals surface area contributed by atoms with Crippen LogP contribution >= 0.6 is 15.9 Å². The topological polar surface area (TPSA) is 50.1 Å². The van der Waals surface area contributed by atoms with Gasteiger partial charge in [0.2, 0.25) is 0 Å². The van der Waals surface area contributed by atoms with E-state index in [4.69, 9.17) is 5.26 Å². The predicted molar refractivity (Wildman–Crippen MR) is 64.3 cm³/mol. The molecule has 0 aliphatic rings. The summed E-state index contributed by atoms with van der Waals surface area (Å²) < 4.78 is 4.68. The summed E-state index contributed by atoms with van der Waals surface area (Å²) >= 11 is 3.35. The number of ether oxygens (including phenoxy) is 1. The number of hydrogen-bond acceptors (Lipinski definition) is 3. The average molecular weight is 282 g/mol. The average Bonchev–Trinajstić information content (AvgIpc) is 2.34. The second-order valence-electron chi connectivity index (χ2n) is 3.32. The van der Waals surface area contributed by atoms with Gasteiger partial charge in [0, 0.05) is 11.8 Å². The molecule has 0 aromatic heterocycles. The molecule has 0 N–H and O–H groups in total. The van der Waals surface area contributed by atoms with Crippen molar-refractivity contribution in [1.82, 2.24) is 0 Å². The minimum absolute atomic E-state index is 0.346. The summed E-state index contributed by atoms with van der Waals surface area (Å²) in [5.41, 5.74) is 2.53. The smallest absolute Gasteiger partial charge is 0.337 e. The van der Waals surface area contributed by atoms with Gasteiger partial charge in [-0.3, -0.25) is 0 Å². The Bertz CT molecular complexity index is 424. The molecule has 0 amide bonds. The molecule has 0 unspecified atom stereocenters. The van der Waals surface area contributed by atoms with E-state index in [2.05, 4.69) is 26.7 Å². The van der Waals surface area contributed by atoms with Crippen molar-refractivity contribution in [3.8, 4) is 6.07 Å². The van der Waals surface area contributed by atoms with Gasteiger partial charge in [-0.1, -0.05) is 22.0 Å². The first-order valence-corrected chi connectivity index (χ1v) is 5.97. The second-order valence-corrected chi connectivity index (χ2v) is 3.88. The third-order valence-corrected chi connectivity index (χ3v) is 2.80. The molecule has 0 fully saturated rings. The molecular formula is C12H12BrNO2. The largest absolute Gasteiger partial charge is 0.465 e. The van der Waals surface area contributed by atoms with Crippen LogP contribution in [0.15, 0.2) is 18.2 Å². The van der Waals surface area contributed by atoms with E-state index < -0.39 is 0 Å². The Morgan fingerprint density at radius 1 is 1.44 bits per heavy atom. The number of carbonyl (C=O) groups excluding carboxylic acids is 1. The zero-order chi connectivity index (χ0) is 12.0. The van der Waals surface area contributed by atoms with Crippen LogP contribution in [-0.4, -0.2) is 13.1 Å². The molecule has 16 heavy (non-hydrogen) atoms. The molecule has 0 bridgehead atoms. The Morgan fingerprint density at radius 3 is 2.69 bits per heavy atom. The minimum Gasteiger partial charge on any atom is -0.465 e. The quantitative estimate of drug-likeness (QED) is 0.630. The van der Waals surface area contributed by atoms with Crippen molar-refractivity contribution in [3.05, 3.63) is 34.9 Å². The summed E-state index contributed by atoms with van der Waals surface area (Å²) in [6.45, 7) is 0. The van der Waals surface area contributed by atoms with Crippen molar-refractivity contribution in [3.63, 3.8) is 0 Å². The van der Waals surface area contributed by atoms with Crippen LogP contribution in [0.25, 0.3) is 0 Å². The van der Waals surface area contributed by atoms with E-state index >= 15 is 0 Å². The molecular weight excluding hydrogens is 270 g/mol. The number of nitriles is 1. The lowest BCUT2D eigenvalue weighted by atomic mass is 10.0. The first-order valence-electron chi connectivity index (χ1n) is 4.85. The van der Waals surface area contributed by atoms with Crippen LogP contribution in [0.5, 0.6) is 0 Å². The summed E-state index contributed by atoms with van der Waals surface area (Å²) in [6, 6.07) is 7.63. The van der Waals surface area contributed by atoms with Crippen LogP contribution in [0.1, 0.15) is 27.9 Å². The van der Waals surface area contributed by atoms with Crippen LogP contribution in [0.2, 0.25) is 0 Å². The highest BCUT2D eigenvalue weighted by atomic mass is 79.9. The van der Waals surface area contributed by atoms with Gasteiger partial charge >= 0.3 is 5.97 Å². The third-order valence-electron chi connectivity index (χ3n) is 2.15. The van der Waals surface area contributed by atoms with Crippen molar-refractivity contribution >= 4 is 21.9 Å². The molecule has 0 aliphatic carbocycles. The first-order chi connectivity index (χ1) is 7.71. The number of alkyl halides is 1. The van der Waals surface area contributed by atoms with E-state index in [1.165, 1.54) is 7.11 Å². The molecule has 0 radical (unpaired) electrons. The van der Waals surface area contributed by atoms with Crippen molar-refractivity contribution in [2.24, 2.45) is 0 Å². The second kappa shape index (κ2) is 6.29. The van der Waals surface area contributed by atoms with Crippen LogP contribution < -0.4 is 0 Å². The van der Waals surface area contributed by atoms with Crippen molar-refractivity contribution < 1.29 is 9.53 Å². The lowest BCUT2D eigenvalue weighted by Gasteiger charge is -2.05. The van der Waals surface area contributed by atoms with Gasteiger partial charge in [0.1, 0.15) is 0 Å². The molecule has 0 aliphatic heterocycles. The number of carbonyl (C=O) groups is 1. The summed E-state index contributed by atoms with van der Waals surface area (Å²) in [5.74, 6) is -0.346. The zero-order valence-corrected chi connectivity index (χ0v) is 10.6. The number of benzene rings is 1. The molecule has 0 saturated carbocycles. The number of aryl methyl sites for hydroxylation is 1. The fourth-order valence-electron chi connectivity index (χ4n) is 1.42. The van der Waals surface area contributed by atoms with Crippen molar-refractivity contribution in [2.45, 2.75) is 18.2 Å². The van der Waals surface area contributed by atoms with Gasteiger partial charge in [-0.15, -0.1) is 0 Å². The maximum absolute atomic E-state index is 11.4. The third kappa shape index (κ3) is 3.35. The lowest BCUT2D eigenvalue weighted by molar-refractivity contribution is 0.0600. The van der Waals surface area contributed by atoms with E-state index in [9.17, 15) is 4.79 Å². The number of methoxy groups -OCH3 is 1. The molecule has 0 atom stereocenters. The van der Waals surface area contributed by atoms with E-state index in [0.717, 1.165) is 11.1 Å². The molecule has 1 aromatic rings. The Balaban J connectivity index is 3.01. The highest BCUT2D eigenvalue weighted by Gasteiger charge is 2.08. The maximum Gasteiger partial charge on any atom is 0.337 e. The molecule has 4 heteroatoms. The SMILES string of the molecule is COC(=O)c1cc(CBr)cc(CCC#N)c1. The van der Waals surface area contributed by atoms with Gasteiger partial charge in [0.25, 0.3) is 0 Å². The first kappa shape index (κ1) is 12.7. The minimum atomic E-state index is -0.346. The number of hydrogen-bond donors (Lipinski definition) is 0. The Labute approximate surface area is 103 Å². The number of esters is 1. The van der Waals surface area contributed by atoms with E-state index in [0.29, 0.717) is 23.7 Å². The van der Waals surface area contributed by atoms with Gasteiger partial charge in [0.15, 0.2) is 0 Å². The van der Waals surface area contributed by atoms with E-state index in [1.54, 1.807) is 12.1 Å². The fourth-order valence-corrected chi connectivity index (χ4v) is 1.74. The Morgan fingerprint density at radius 2 is 2.12 bits per heavy atom. The molecule has 1 aromatic carbocycles. The molecule has 3 nitrogen and oxygen atoms in total. The number of rotatable bonds is 4.